The van der Waals surface area contributed by atoms with Crippen molar-refractivity contribution in [1.82, 2.24) is 29.6 Å². The van der Waals surface area contributed by atoms with Crippen LogP contribution in [-0.2, 0) is 14.8 Å². The van der Waals surface area contributed by atoms with Crippen LogP contribution < -0.4 is 10.2 Å². The summed E-state index contributed by atoms with van der Waals surface area (Å²) in [7, 11) is -3.63. The molecule has 4 rings (SSSR count). The average Bonchev–Trinajstić information content (AvgIpc) is 2.93. The van der Waals surface area contributed by atoms with Crippen LogP contribution in [0.15, 0.2) is 61.2 Å². The molecule has 2 atom stereocenters. The second-order valence-electron chi connectivity index (χ2n) is 8.47. The lowest BCUT2D eigenvalue weighted by Gasteiger charge is -2.35. The number of anilines is 1. The van der Waals surface area contributed by atoms with Gasteiger partial charge in [-0.1, -0.05) is 30.3 Å². The molecule has 12 heteroatoms. The Kier molecular flexibility index (Phi) is 8.52. The lowest BCUT2D eigenvalue weighted by Crippen LogP contribution is -2.51. The van der Waals surface area contributed by atoms with Crippen molar-refractivity contribution in [3.63, 3.8) is 0 Å². The van der Waals surface area contributed by atoms with Crippen molar-refractivity contribution in [2.45, 2.75) is 25.0 Å². The van der Waals surface area contributed by atoms with Crippen LogP contribution in [0.3, 0.4) is 0 Å². The van der Waals surface area contributed by atoms with Gasteiger partial charge in [-0.05, 0) is 18.9 Å². The number of sulfonamides is 1. The van der Waals surface area contributed by atoms with Crippen LogP contribution in [0, 0.1) is 0 Å². The van der Waals surface area contributed by atoms with E-state index in [1.807, 2.05) is 35.2 Å². The molecule has 190 valence electrons. The highest BCUT2D eigenvalue weighted by molar-refractivity contribution is 7.89. The molecule has 2 aromatic heterocycles. The molecule has 1 aromatic carbocycles. The number of hydrogen-bond donors (Lipinski definition) is 2. The number of carbonyl (C=O) groups is 1. The number of nitrogens with one attached hydrogen (secondary N) is 1. The molecule has 1 aliphatic heterocycles. The van der Waals surface area contributed by atoms with Gasteiger partial charge in [0.2, 0.25) is 16.4 Å². The van der Waals surface area contributed by atoms with Crippen LogP contribution in [0.2, 0.25) is 0 Å². The largest absolute Gasteiger partial charge is 0.385 e. The summed E-state index contributed by atoms with van der Waals surface area (Å²) in [5, 5.41) is 12.9. The predicted molar refractivity (Wildman–Crippen MR) is 134 cm³/mol. The SMILES string of the molecule is O=CNC(CCC(O)c1ncccn1)CS(=O)(=O)N1CCN(c2cnc(-c3ccccc3)cn2)CC1. The molecule has 0 spiro atoms. The first kappa shape index (κ1) is 25.6. The number of benzene rings is 1. The van der Waals surface area contributed by atoms with Gasteiger partial charge in [0.05, 0.1) is 23.8 Å². The van der Waals surface area contributed by atoms with Crippen LogP contribution in [0.1, 0.15) is 24.8 Å². The van der Waals surface area contributed by atoms with Gasteiger partial charge in [-0.15, -0.1) is 0 Å². The molecule has 1 aliphatic rings. The van der Waals surface area contributed by atoms with E-state index in [1.54, 1.807) is 18.5 Å². The van der Waals surface area contributed by atoms with Crippen molar-refractivity contribution in [2.24, 2.45) is 0 Å². The van der Waals surface area contributed by atoms with E-state index in [4.69, 9.17) is 0 Å². The summed E-state index contributed by atoms with van der Waals surface area (Å²) in [5.74, 6) is 0.713. The Morgan fingerprint density at radius 3 is 2.31 bits per heavy atom. The van der Waals surface area contributed by atoms with E-state index in [-0.39, 0.29) is 24.4 Å². The zero-order valence-electron chi connectivity index (χ0n) is 19.7. The van der Waals surface area contributed by atoms with Crippen molar-refractivity contribution in [1.29, 1.82) is 0 Å². The van der Waals surface area contributed by atoms with E-state index >= 15 is 0 Å². The highest BCUT2D eigenvalue weighted by Gasteiger charge is 2.30. The van der Waals surface area contributed by atoms with E-state index in [2.05, 4.69) is 25.3 Å². The number of carbonyl (C=O) groups excluding carboxylic acids is 1. The fourth-order valence-corrected chi connectivity index (χ4v) is 5.78. The highest BCUT2D eigenvalue weighted by atomic mass is 32.2. The van der Waals surface area contributed by atoms with Crippen molar-refractivity contribution < 1.29 is 18.3 Å². The molecule has 36 heavy (non-hydrogen) atoms. The monoisotopic (exact) mass is 511 g/mol. The number of amides is 1. The minimum Gasteiger partial charge on any atom is -0.385 e. The Morgan fingerprint density at radius 2 is 1.67 bits per heavy atom. The zero-order valence-corrected chi connectivity index (χ0v) is 20.5. The maximum atomic E-state index is 13.1. The Morgan fingerprint density at radius 1 is 0.944 bits per heavy atom. The first-order chi connectivity index (χ1) is 17.5. The maximum absolute atomic E-state index is 13.1. The highest BCUT2D eigenvalue weighted by Crippen LogP contribution is 2.20. The molecule has 1 fully saturated rings. The molecular formula is C24H29N7O4S. The number of aliphatic hydroxyl groups is 1. The smallest absolute Gasteiger partial charge is 0.216 e. The topological polar surface area (TPSA) is 142 Å². The van der Waals surface area contributed by atoms with Crippen molar-refractivity contribution in [3.8, 4) is 11.3 Å². The van der Waals surface area contributed by atoms with Gasteiger partial charge in [0.15, 0.2) is 5.82 Å². The third-order valence-electron chi connectivity index (χ3n) is 6.05. The minimum absolute atomic E-state index is 0.219. The van der Waals surface area contributed by atoms with E-state index in [9.17, 15) is 18.3 Å². The van der Waals surface area contributed by atoms with Crippen LogP contribution in [-0.4, -0.2) is 82.1 Å². The van der Waals surface area contributed by atoms with Gasteiger partial charge in [-0.3, -0.25) is 9.78 Å². The van der Waals surface area contributed by atoms with Crippen molar-refractivity contribution in [2.75, 3.05) is 36.8 Å². The molecule has 3 heterocycles. The van der Waals surface area contributed by atoms with Gasteiger partial charge in [0, 0.05) is 50.2 Å². The molecular weight excluding hydrogens is 482 g/mol. The second-order valence-corrected chi connectivity index (χ2v) is 10.5. The molecule has 1 saturated heterocycles. The Labute approximate surface area is 210 Å². The molecule has 1 amide bonds. The second kappa shape index (κ2) is 12.0. The number of piperazine rings is 1. The first-order valence-electron chi connectivity index (χ1n) is 11.7. The lowest BCUT2D eigenvalue weighted by molar-refractivity contribution is -0.110. The first-order valence-corrected chi connectivity index (χ1v) is 13.3. The average molecular weight is 512 g/mol. The fraction of sp³-hybridized carbons (Fsp3) is 0.375. The Bertz CT molecular complexity index is 1210. The van der Waals surface area contributed by atoms with Crippen LogP contribution in [0.4, 0.5) is 5.82 Å². The fourth-order valence-electron chi connectivity index (χ4n) is 4.08. The number of aromatic nitrogens is 4. The van der Waals surface area contributed by atoms with Gasteiger partial charge in [0.1, 0.15) is 11.9 Å². The third kappa shape index (κ3) is 6.59. The molecule has 0 radical (unpaired) electrons. The van der Waals surface area contributed by atoms with Gasteiger partial charge < -0.3 is 15.3 Å². The predicted octanol–water partition coefficient (Wildman–Crippen LogP) is 1.01. The number of nitrogens with zero attached hydrogens (tertiary/aromatic N) is 6. The lowest BCUT2D eigenvalue weighted by atomic mass is 10.1. The van der Waals surface area contributed by atoms with Crippen LogP contribution >= 0.6 is 0 Å². The van der Waals surface area contributed by atoms with Crippen molar-refractivity contribution in [3.05, 3.63) is 67.0 Å². The quantitative estimate of drug-likeness (QED) is 0.361. The number of rotatable bonds is 11. The van der Waals surface area contributed by atoms with E-state index in [0.29, 0.717) is 38.4 Å². The number of aliphatic hydroxyl groups excluding tert-OH is 1. The van der Waals surface area contributed by atoms with E-state index in [0.717, 1.165) is 11.3 Å². The summed E-state index contributed by atoms with van der Waals surface area (Å²) in [5.41, 5.74) is 1.76. The van der Waals surface area contributed by atoms with Gasteiger partial charge in [-0.2, -0.15) is 4.31 Å². The Balaban J connectivity index is 1.31. The van der Waals surface area contributed by atoms with Gasteiger partial charge >= 0.3 is 0 Å². The minimum atomic E-state index is -3.63. The van der Waals surface area contributed by atoms with Gasteiger partial charge in [-0.25, -0.2) is 23.4 Å². The molecule has 0 bridgehead atoms. The summed E-state index contributed by atoms with van der Waals surface area (Å²) in [6.45, 7) is 1.57. The van der Waals surface area contributed by atoms with Crippen LogP contribution in [0.25, 0.3) is 11.3 Å². The molecule has 0 aliphatic carbocycles. The van der Waals surface area contributed by atoms with Crippen LogP contribution in [0.5, 0.6) is 0 Å². The Hall–Kier alpha value is -3.48. The summed E-state index contributed by atoms with van der Waals surface area (Å²) >= 11 is 0. The normalized spacial score (nSPS) is 16.3. The van der Waals surface area contributed by atoms with Gasteiger partial charge in [0.25, 0.3) is 0 Å². The maximum Gasteiger partial charge on any atom is 0.216 e. The molecule has 3 aromatic rings. The van der Waals surface area contributed by atoms with E-state index < -0.39 is 22.2 Å². The molecule has 2 N–H and O–H groups in total. The summed E-state index contributed by atoms with van der Waals surface area (Å²) < 4.78 is 27.6. The summed E-state index contributed by atoms with van der Waals surface area (Å²) in [6.07, 6.45) is 6.51. The molecule has 11 nitrogen and oxygen atoms in total. The number of hydrogen-bond acceptors (Lipinski definition) is 9. The van der Waals surface area contributed by atoms with Crippen molar-refractivity contribution >= 4 is 22.3 Å². The third-order valence-corrected chi connectivity index (χ3v) is 8.03. The summed E-state index contributed by atoms with van der Waals surface area (Å²) in [4.78, 5) is 30.1. The van der Waals surface area contributed by atoms with E-state index in [1.165, 1.54) is 16.7 Å². The molecule has 2 unspecified atom stereocenters. The molecule has 0 saturated carbocycles. The zero-order chi connectivity index (χ0) is 25.4. The summed E-state index contributed by atoms with van der Waals surface area (Å²) in [6, 6.07) is 10.8. The standard InChI is InChI=1S/C24H29N7O4S/c32-18-29-20(7-8-22(33)24-25-9-4-10-26-24)17-36(34,35)31-13-11-30(12-14-31)23-16-27-21(15-28-23)19-5-2-1-3-6-19/h1-6,9-10,15-16,18,20,22,33H,7-8,11-14,17H2,(H,29,32).